The van der Waals surface area contributed by atoms with E-state index in [0.717, 1.165) is 27.6 Å². The number of urea groups is 1. The average Bonchev–Trinajstić information content (AvgIpc) is 2.87. The molecule has 0 bridgehead atoms. The summed E-state index contributed by atoms with van der Waals surface area (Å²) < 4.78 is 0. The van der Waals surface area contributed by atoms with E-state index >= 15 is 0 Å². The van der Waals surface area contributed by atoms with E-state index < -0.39 is 6.03 Å². The topological polar surface area (TPSA) is 96.9 Å². The van der Waals surface area contributed by atoms with Gasteiger partial charge in [0, 0.05) is 16.9 Å². The molecule has 0 spiro atoms. The van der Waals surface area contributed by atoms with Crippen molar-refractivity contribution in [3.8, 4) is 11.1 Å². The summed E-state index contributed by atoms with van der Waals surface area (Å²) in [7, 11) is 0. The van der Waals surface area contributed by atoms with Gasteiger partial charge in [-0.2, -0.15) is 0 Å². The summed E-state index contributed by atoms with van der Waals surface area (Å²) in [5.41, 5.74) is 15.3. The van der Waals surface area contributed by atoms with Crippen LogP contribution in [0.15, 0.2) is 48.5 Å². The number of carbonyl (C=O) groups is 1. The quantitative estimate of drug-likeness (QED) is 0.596. The maximum absolute atomic E-state index is 10.9. The summed E-state index contributed by atoms with van der Waals surface area (Å²) in [6, 6.07) is 15.6. The Kier molecular flexibility index (Phi) is 3.56. The number of carbonyl (C=O) groups excluding carboxylic acids is 1. The lowest BCUT2D eigenvalue weighted by Gasteiger charge is -2.07. The van der Waals surface area contributed by atoms with Gasteiger partial charge in [-0.15, -0.1) is 0 Å². The molecule has 22 heavy (non-hydrogen) atoms. The van der Waals surface area contributed by atoms with Gasteiger partial charge in [0.1, 0.15) is 5.82 Å². The van der Waals surface area contributed by atoms with Crippen LogP contribution >= 0.6 is 0 Å². The number of aromatic nitrogens is 1. The molecule has 0 aliphatic heterocycles. The van der Waals surface area contributed by atoms with Crippen molar-refractivity contribution < 1.29 is 4.79 Å². The number of amides is 2. The Morgan fingerprint density at radius 3 is 2.41 bits per heavy atom. The molecule has 2 amide bonds. The molecule has 1 aromatic heterocycles. The van der Waals surface area contributed by atoms with Crippen LogP contribution in [0, 0.1) is 0 Å². The first-order valence-electron chi connectivity index (χ1n) is 7.08. The van der Waals surface area contributed by atoms with Crippen molar-refractivity contribution in [1.82, 2.24) is 4.98 Å². The Morgan fingerprint density at radius 2 is 1.77 bits per heavy atom. The van der Waals surface area contributed by atoms with Crippen LogP contribution in [-0.2, 0) is 0 Å². The zero-order chi connectivity index (χ0) is 15.7. The van der Waals surface area contributed by atoms with E-state index in [4.69, 9.17) is 11.5 Å². The number of nitrogens with one attached hydrogen (secondary N) is 2. The molecule has 1 unspecified atom stereocenters. The minimum Gasteiger partial charge on any atom is -0.351 e. The molecule has 5 nitrogen and oxygen atoms in total. The fraction of sp³-hybridized carbons (Fsp3) is 0.118. The number of hydrogen-bond acceptors (Lipinski definition) is 2. The Labute approximate surface area is 128 Å². The molecule has 0 aliphatic carbocycles. The van der Waals surface area contributed by atoms with Crippen molar-refractivity contribution in [3.63, 3.8) is 0 Å². The number of benzene rings is 2. The van der Waals surface area contributed by atoms with Crippen LogP contribution in [0.5, 0.6) is 0 Å². The van der Waals surface area contributed by atoms with Crippen LogP contribution < -0.4 is 16.8 Å². The maximum atomic E-state index is 10.9. The molecule has 2 aromatic carbocycles. The molecular weight excluding hydrogens is 276 g/mol. The van der Waals surface area contributed by atoms with Crippen LogP contribution in [0.25, 0.3) is 22.0 Å². The highest BCUT2D eigenvalue weighted by atomic mass is 16.2. The van der Waals surface area contributed by atoms with Gasteiger partial charge < -0.3 is 16.5 Å². The van der Waals surface area contributed by atoms with Crippen molar-refractivity contribution in [3.05, 3.63) is 54.1 Å². The van der Waals surface area contributed by atoms with E-state index in [9.17, 15) is 4.79 Å². The van der Waals surface area contributed by atoms with Gasteiger partial charge in [-0.1, -0.05) is 36.4 Å². The fourth-order valence-electron chi connectivity index (χ4n) is 2.49. The SMILES string of the molecule is CC(N)c1ccc(-c2ccc3cc(NC(N)=O)[nH]c3c2)cc1. The summed E-state index contributed by atoms with van der Waals surface area (Å²) in [4.78, 5) is 14.0. The molecule has 3 rings (SSSR count). The van der Waals surface area contributed by atoms with Gasteiger partial charge in [0.25, 0.3) is 0 Å². The molecular formula is C17H18N4O. The van der Waals surface area contributed by atoms with Gasteiger partial charge in [-0.05, 0) is 35.7 Å². The Hall–Kier alpha value is -2.79. The first kappa shape index (κ1) is 14.2. The van der Waals surface area contributed by atoms with Gasteiger partial charge in [0.05, 0.1) is 0 Å². The van der Waals surface area contributed by atoms with Gasteiger partial charge in [-0.3, -0.25) is 5.32 Å². The highest BCUT2D eigenvalue weighted by molar-refractivity contribution is 5.93. The third kappa shape index (κ3) is 2.80. The van der Waals surface area contributed by atoms with Crippen molar-refractivity contribution >= 4 is 22.8 Å². The largest absolute Gasteiger partial charge is 0.351 e. The molecule has 0 saturated heterocycles. The van der Waals surface area contributed by atoms with Crippen molar-refractivity contribution in [2.75, 3.05) is 5.32 Å². The standard InChI is InChI=1S/C17H18N4O/c1-10(18)11-2-4-12(5-3-11)13-6-7-14-9-16(21-17(19)22)20-15(14)8-13/h2-10,20H,18H2,1H3,(H3,19,21,22). The second-order valence-electron chi connectivity index (χ2n) is 5.38. The highest BCUT2D eigenvalue weighted by Crippen LogP contribution is 2.27. The van der Waals surface area contributed by atoms with Crippen LogP contribution in [0.3, 0.4) is 0 Å². The Balaban J connectivity index is 1.95. The molecule has 6 N–H and O–H groups in total. The third-order valence-corrected chi connectivity index (χ3v) is 3.65. The van der Waals surface area contributed by atoms with Crippen molar-refractivity contribution in [1.29, 1.82) is 0 Å². The predicted molar refractivity (Wildman–Crippen MR) is 89.5 cm³/mol. The number of rotatable bonds is 3. The van der Waals surface area contributed by atoms with E-state index in [1.54, 1.807) is 0 Å². The first-order chi connectivity index (χ1) is 10.5. The fourth-order valence-corrected chi connectivity index (χ4v) is 2.49. The summed E-state index contributed by atoms with van der Waals surface area (Å²) in [6.07, 6.45) is 0. The molecule has 0 aliphatic rings. The Morgan fingerprint density at radius 1 is 1.09 bits per heavy atom. The molecule has 1 heterocycles. The van der Waals surface area contributed by atoms with Crippen molar-refractivity contribution in [2.45, 2.75) is 13.0 Å². The van der Waals surface area contributed by atoms with Crippen LogP contribution in [0.1, 0.15) is 18.5 Å². The van der Waals surface area contributed by atoms with Crippen molar-refractivity contribution in [2.24, 2.45) is 11.5 Å². The zero-order valence-electron chi connectivity index (χ0n) is 12.3. The average molecular weight is 294 g/mol. The predicted octanol–water partition coefficient (Wildman–Crippen LogP) is 3.35. The molecule has 5 heteroatoms. The number of anilines is 1. The monoisotopic (exact) mass is 294 g/mol. The minimum atomic E-state index is -0.585. The number of aromatic amines is 1. The van der Waals surface area contributed by atoms with Crippen LogP contribution in [0.4, 0.5) is 10.6 Å². The van der Waals surface area contributed by atoms with Crippen LogP contribution in [-0.4, -0.2) is 11.0 Å². The molecule has 0 radical (unpaired) electrons. The van der Waals surface area contributed by atoms with E-state index in [2.05, 4.69) is 22.4 Å². The van der Waals surface area contributed by atoms with Gasteiger partial charge in [0.15, 0.2) is 0 Å². The molecule has 0 fully saturated rings. The number of H-pyrrole nitrogens is 1. The smallest absolute Gasteiger partial charge is 0.317 e. The summed E-state index contributed by atoms with van der Waals surface area (Å²) in [5, 5.41) is 3.56. The highest BCUT2D eigenvalue weighted by Gasteiger charge is 2.05. The zero-order valence-corrected chi connectivity index (χ0v) is 12.3. The maximum Gasteiger partial charge on any atom is 0.317 e. The number of fused-ring (bicyclic) bond motifs is 1. The second-order valence-corrected chi connectivity index (χ2v) is 5.38. The molecule has 3 aromatic rings. The molecule has 0 saturated carbocycles. The number of primary amides is 1. The summed E-state index contributed by atoms with van der Waals surface area (Å²) in [6.45, 7) is 1.97. The van der Waals surface area contributed by atoms with Gasteiger partial charge in [0.2, 0.25) is 0 Å². The van der Waals surface area contributed by atoms with Gasteiger partial charge in [-0.25, -0.2) is 4.79 Å². The lowest BCUT2D eigenvalue weighted by molar-refractivity contribution is 0.259. The van der Waals surface area contributed by atoms with E-state index in [-0.39, 0.29) is 6.04 Å². The summed E-state index contributed by atoms with van der Waals surface area (Å²) >= 11 is 0. The normalized spacial score (nSPS) is 12.3. The molecule has 112 valence electrons. The Bertz CT molecular complexity index is 818. The lowest BCUT2D eigenvalue weighted by atomic mass is 10.0. The van der Waals surface area contributed by atoms with E-state index in [1.165, 1.54) is 0 Å². The third-order valence-electron chi connectivity index (χ3n) is 3.65. The number of nitrogens with two attached hydrogens (primary N) is 2. The summed E-state index contributed by atoms with van der Waals surface area (Å²) in [5.74, 6) is 0.590. The van der Waals surface area contributed by atoms with E-state index in [0.29, 0.717) is 5.82 Å². The number of hydrogen-bond donors (Lipinski definition) is 4. The minimum absolute atomic E-state index is 0.0300. The van der Waals surface area contributed by atoms with Gasteiger partial charge >= 0.3 is 6.03 Å². The lowest BCUT2D eigenvalue weighted by Crippen LogP contribution is -2.19. The molecule has 1 atom stereocenters. The second kappa shape index (κ2) is 5.54. The van der Waals surface area contributed by atoms with Crippen LogP contribution in [0.2, 0.25) is 0 Å². The van der Waals surface area contributed by atoms with E-state index in [1.807, 2.05) is 43.3 Å². The first-order valence-corrected chi connectivity index (χ1v) is 7.08.